The van der Waals surface area contributed by atoms with Gasteiger partial charge in [0.05, 0.1) is 10.0 Å². The highest BCUT2D eigenvalue weighted by molar-refractivity contribution is 6.35. The molecule has 4 N–H and O–H groups in total. The van der Waals surface area contributed by atoms with Crippen LogP contribution in [0.4, 0.5) is 9.18 Å². The van der Waals surface area contributed by atoms with E-state index >= 15 is 0 Å². The maximum Gasteiger partial charge on any atom is 0.321 e. The van der Waals surface area contributed by atoms with Crippen molar-refractivity contribution in [1.82, 2.24) is 10.6 Å². The van der Waals surface area contributed by atoms with Crippen molar-refractivity contribution in [2.45, 2.75) is 25.9 Å². The minimum atomic E-state index is -0.724. The average molecular weight is 413 g/mol. The zero-order chi connectivity index (χ0) is 20.0. The van der Waals surface area contributed by atoms with Gasteiger partial charge in [-0.15, -0.1) is 0 Å². The quantitative estimate of drug-likeness (QED) is 0.636. The normalized spacial score (nSPS) is 12.9. The monoisotopic (exact) mass is 412 g/mol. The van der Waals surface area contributed by atoms with Crippen molar-refractivity contribution in [3.05, 3.63) is 69.5 Å². The topological polar surface area (TPSA) is 74.8 Å². The molecule has 0 aliphatic heterocycles. The van der Waals surface area contributed by atoms with Gasteiger partial charge in [0.2, 0.25) is 0 Å². The van der Waals surface area contributed by atoms with E-state index in [1.165, 1.54) is 12.1 Å². The standard InChI is InChI=1S/C19H20Cl2FN3O2/c1-3-23-19(27)25-18(26)17(12-7-5-4-6-8-12)24-11(2)13-9-16(22)15(21)10-14(13)20/h4-11,17,24H,3H2,1-2H3,(H2,23,25,26,27)/p+1/t11-,17-/m1/s1. The zero-order valence-electron chi connectivity index (χ0n) is 14.9. The fraction of sp³-hybridized carbons (Fsp3) is 0.263. The lowest BCUT2D eigenvalue weighted by molar-refractivity contribution is -0.719. The van der Waals surface area contributed by atoms with Gasteiger partial charge < -0.3 is 10.6 Å². The summed E-state index contributed by atoms with van der Waals surface area (Å²) in [5, 5.41) is 6.81. The van der Waals surface area contributed by atoms with Crippen LogP contribution in [0.15, 0.2) is 42.5 Å². The third-order valence-electron chi connectivity index (χ3n) is 4.03. The van der Waals surface area contributed by atoms with Gasteiger partial charge >= 0.3 is 6.03 Å². The van der Waals surface area contributed by atoms with E-state index < -0.39 is 23.8 Å². The van der Waals surface area contributed by atoms with Crippen LogP contribution in [0.1, 0.15) is 37.1 Å². The van der Waals surface area contributed by atoms with Crippen LogP contribution in [-0.2, 0) is 4.79 Å². The van der Waals surface area contributed by atoms with Crippen LogP contribution >= 0.6 is 23.2 Å². The molecule has 2 atom stereocenters. The number of nitrogens with two attached hydrogens (primary N) is 1. The Morgan fingerprint density at radius 3 is 2.44 bits per heavy atom. The van der Waals surface area contributed by atoms with E-state index in [9.17, 15) is 14.0 Å². The van der Waals surface area contributed by atoms with Gasteiger partial charge in [0.1, 0.15) is 11.9 Å². The van der Waals surface area contributed by atoms with Crippen LogP contribution in [0.3, 0.4) is 0 Å². The Hall–Kier alpha value is -2.15. The molecule has 0 saturated heterocycles. The summed E-state index contributed by atoms with van der Waals surface area (Å²) in [4.78, 5) is 24.4. The summed E-state index contributed by atoms with van der Waals surface area (Å²) in [5.74, 6) is -1.07. The summed E-state index contributed by atoms with van der Waals surface area (Å²) in [7, 11) is 0. The maximum absolute atomic E-state index is 13.9. The number of quaternary nitrogens is 1. The fourth-order valence-corrected chi connectivity index (χ4v) is 3.24. The summed E-state index contributed by atoms with van der Waals surface area (Å²) in [5.41, 5.74) is 1.21. The van der Waals surface area contributed by atoms with Crippen molar-refractivity contribution in [2.24, 2.45) is 0 Å². The number of carbonyl (C=O) groups is 2. The van der Waals surface area contributed by atoms with Crippen LogP contribution in [0.2, 0.25) is 10.0 Å². The second kappa shape index (κ2) is 9.69. The zero-order valence-corrected chi connectivity index (χ0v) is 16.4. The molecule has 0 unspecified atom stereocenters. The molecular weight excluding hydrogens is 392 g/mol. The SMILES string of the molecule is CCNC(=O)NC(=O)[C@H]([NH2+][C@H](C)c1cc(F)c(Cl)cc1Cl)c1ccccc1. The molecular formula is C19H21Cl2FN3O2+. The molecule has 0 bridgehead atoms. The lowest BCUT2D eigenvalue weighted by Crippen LogP contribution is -2.88. The molecule has 0 radical (unpaired) electrons. The van der Waals surface area contributed by atoms with E-state index in [1.54, 1.807) is 43.4 Å². The molecule has 0 aliphatic rings. The van der Waals surface area contributed by atoms with Gasteiger partial charge in [0, 0.05) is 17.7 Å². The highest BCUT2D eigenvalue weighted by Crippen LogP contribution is 2.27. The first-order valence-electron chi connectivity index (χ1n) is 8.46. The number of imide groups is 1. The summed E-state index contributed by atoms with van der Waals surface area (Å²) in [6.07, 6.45) is 0. The summed E-state index contributed by atoms with van der Waals surface area (Å²) in [6, 6.07) is 9.94. The maximum atomic E-state index is 13.9. The summed E-state index contributed by atoms with van der Waals surface area (Å²) < 4.78 is 13.9. The van der Waals surface area contributed by atoms with Gasteiger partial charge in [-0.05, 0) is 26.0 Å². The number of urea groups is 1. The Labute approximate surface area is 167 Å². The third-order valence-corrected chi connectivity index (χ3v) is 4.64. The molecule has 8 heteroatoms. The Morgan fingerprint density at radius 1 is 1.15 bits per heavy atom. The molecule has 5 nitrogen and oxygen atoms in total. The average Bonchev–Trinajstić information content (AvgIpc) is 2.63. The molecule has 2 rings (SSSR count). The Balaban J connectivity index is 2.27. The van der Waals surface area contributed by atoms with Gasteiger partial charge in [-0.1, -0.05) is 53.5 Å². The highest BCUT2D eigenvalue weighted by Gasteiger charge is 2.29. The van der Waals surface area contributed by atoms with E-state index in [0.717, 1.165) is 0 Å². The molecule has 0 spiro atoms. The number of hydrogen-bond donors (Lipinski definition) is 3. The van der Waals surface area contributed by atoms with E-state index in [2.05, 4.69) is 10.6 Å². The van der Waals surface area contributed by atoms with Crippen LogP contribution < -0.4 is 16.0 Å². The van der Waals surface area contributed by atoms with E-state index in [-0.39, 0.29) is 11.1 Å². The number of nitrogens with one attached hydrogen (secondary N) is 2. The van der Waals surface area contributed by atoms with Crippen molar-refractivity contribution in [1.29, 1.82) is 0 Å². The molecule has 0 aromatic heterocycles. The van der Waals surface area contributed by atoms with Gasteiger partial charge in [-0.25, -0.2) is 9.18 Å². The molecule has 3 amide bonds. The van der Waals surface area contributed by atoms with Crippen molar-refractivity contribution >= 4 is 35.1 Å². The lowest BCUT2D eigenvalue weighted by Gasteiger charge is -2.21. The molecule has 2 aromatic rings. The molecule has 0 saturated carbocycles. The number of halogens is 3. The van der Waals surface area contributed by atoms with Crippen LogP contribution in [0.25, 0.3) is 0 Å². The lowest BCUT2D eigenvalue weighted by atomic mass is 10.0. The van der Waals surface area contributed by atoms with Crippen LogP contribution in [0.5, 0.6) is 0 Å². The van der Waals surface area contributed by atoms with Crippen molar-refractivity contribution < 1.29 is 19.3 Å². The van der Waals surface area contributed by atoms with E-state index in [0.29, 0.717) is 22.7 Å². The third kappa shape index (κ3) is 5.66. The molecule has 144 valence electrons. The molecule has 27 heavy (non-hydrogen) atoms. The van der Waals surface area contributed by atoms with Gasteiger partial charge in [-0.2, -0.15) is 0 Å². The van der Waals surface area contributed by atoms with E-state index in [1.807, 2.05) is 6.07 Å². The highest BCUT2D eigenvalue weighted by atomic mass is 35.5. The smallest absolute Gasteiger partial charge is 0.321 e. The van der Waals surface area contributed by atoms with Crippen molar-refractivity contribution in [3.63, 3.8) is 0 Å². The van der Waals surface area contributed by atoms with Crippen LogP contribution in [0, 0.1) is 5.82 Å². The number of benzene rings is 2. The Bertz CT molecular complexity index is 818. The number of amides is 3. The molecule has 0 aliphatic carbocycles. The molecule has 0 heterocycles. The number of hydrogen-bond acceptors (Lipinski definition) is 2. The van der Waals surface area contributed by atoms with Crippen molar-refractivity contribution in [2.75, 3.05) is 6.54 Å². The molecule has 2 aromatic carbocycles. The largest absolute Gasteiger partial charge is 0.338 e. The second-order valence-corrected chi connectivity index (χ2v) is 6.82. The number of carbonyl (C=O) groups excluding carboxylic acids is 2. The molecule has 0 fully saturated rings. The van der Waals surface area contributed by atoms with Crippen molar-refractivity contribution in [3.8, 4) is 0 Å². The fourth-order valence-electron chi connectivity index (χ4n) is 2.68. The Kier molecular flexibility index (Phi) is 7.59. The van der Waals surface area contributed by atoms with Crippen LogP contribution in [-0.4, -0.2) is 18.5 Å². The minimum absolute atomic E-state index is 0.0652. The Morgan fingerprint density at radius 2 is 1.81 bits per heavy atom. The predicted octanol–water partition coefficient (Wildman–Crippen LogP) is 3.34. The predicted molar refractivity (Wildman–Crippen MR) is 103 cm³/mol. The summed E-state index contributed by atoms with van der Waals surface area (Å²) >= 11 is 11.9. The second-order valence-electron chi connectivity index (χ2n) is 6.01. The minimum Gasteiger partial charge on any atom is -0.338 e. The van der Waals surface area contributed by atoms with Gasteiger partial charge in [-0.3, -0.25) is 10.1 Å². The number of rotatable bonds is 6. The van der Waals surface area contributed by atoms with E-state index in [4.69, 9.17) is 23.2 Å². The first-order valence-corrected chi connectivity index (χ1v) is 9.22. The summed E-state index contributed by atoms with van der Waals surface area (Å²) in [6.45, 7) is 3.95. The first-order chi connectivity index (χ1) is 12.8. The first kappa shape index (κ1) is 21.2. The van der Waals surface area contributed by atoms with Gasteiger partial charge in [0.15, 0.2) is 6.04 Å². The van der Waals surface area contributed by atoms with Gasteiger partial charge in [0.25, 0.3) is 5.91 Å².